The first kappa shape index (κ1) is 10.7. The number of Topliss-reactive ketones (excluding diaryl/α,β-unsaturated/α-hetero) is 1. The van der Waals surface area contributed by atoms with Crippen LogP contribution in [0.4, 0.5) is 0 Å². The van der Waals surface area contributed by atoms with E-state index in [-0.39, 0.29) is 17.3 Å². The van der Waals surface area contributed by atoms with Crippen LogP contribution in [0.1, 0.15) is 20.8 Å². The molecule has 0 aliphatic carbocycles. The van der Waals surface area contributed by atoms with Crippen LogP contribution >= 0.6 is 0 Å². The molecule has 0 N–H and O–H groups in total. The second-order valence-electron chi connectivity index (χ2n) is 4.74. The lowest BCUT2D eigenvalue weighted by Crippen LogP contribution is -2.47. The maximum atomic E-state index is 11.8. The summed E-state index contributed by atoms with van der Waals surface area (Å²) in [6.45, 7) is 8.14. The van der Waals surface area contributed by atoms with Crippen LogP contribution in [0, 0.1) is 5.41 Å². The predicted molar refractivity (Wildman–Crippen MR) is 51.7 cm³/mol. The van der Waals surface area contributed by atoms with Gasteiger partial charge in [-0.2, -0.15) is 0 Å². The molecule has 0 bridgehead atoms. The lowest BCUT2D eigenvalue weighted by atomic mass is 9.87. The highest BCUT2D eigenvalue weighted by atomic mass is 16.5. The number of ketones is 1. The van der Waals surface area contributed by atoms with Gasteiger partial charge in [0.05, 0.1) is 6.61 Å². The quantitative estimate of drug-likeness (QED) is 0.608. The van der Waals surface area contributed by atoms with E-state index in [9.17, 15) is 4.79 Å². The maximum absolute atomic E-state index is 11.8. The first-order valence-corrected chi connectivity index (χ1v) is 4.76. The van der Waals surface area contributed by atoms with Gasteiger partial charge in [0.2, 0.25) is 0 Å². The van der Waals surface area contributed by atoms with Crippen molar-refractivity contribution in [1.29, 1.82) is 0 Å². The van der Waals surface area contributed by atoms with E-state index >= 15 is 0 Å². The molecule has 1 aliphatic rings. The first-order valence-electron chi connectivity index (χ1n) is 4.76. The molecular formula is C10H19NO2. The van der Waals surface area contributed by atoms with Gasteiger partial charge in [-0.25, -0.2) is 0 Å². The van der Waals surface area contributed by atoms with Gasteiger partial charge in [-0.3, -0.25) is 4.79 Å². The van der Waals surface area contributed by atoms with Crippen LogP contribution < -0.4 is 0 Å². The second-order valence-corrected chi connectivity index (χ2v) is 4.74. The minimum absolute atomic E-state index is 0.207. The van der Waals surface area contributed by atoms with Crippen molar-refractivity contribution in [3.63, 3.8) is 0 Å². The smallest absolute Gasteiger partial charge is 0.168 e. The van der Waals surface area contributed by atoms with Crippen molar-refractivity contribution in [2.45, 2.75) is 26.9 Å². The highest BCUT2D eigenvalue weighted by Gasteiger charge is 2.32. The van der Waals surface area contributed by atoms with Crippen molar-refractivity contribution in [2.24, 2.45) is 5.41 Å². The van der Waals surface area contributed by atoms with E-state index in [4.69, 9.17) is 4.74 Å². The molecule has 1 unspecified atom stereocenters. The molecule has 1 rings (SSSR count). The van der Waals surface area contributed by atoms with Crippen LogP contribution in [-0.2, 0) is 9.53 Å². The zero-order valence-electron chi connectivity index (χ0n) is 8.96. The summed E-state index contributed by atoms with van der Waals surface area (Å²) in [5, 5.41) is 0. The standard InChI is InChI=1S/C10H19NO2/c1-10(2,3)9(12)8-7-11(4)5-6-13-8/h8H,5-7H2,1-4H3. The molecule has 0 aromatic heterocycles. The van der Waals surface area contributed by atoms with E-state index in [2.05, 4.69) is 4.90 Å². The Labute approximate surface area is 80.1 Å². The van der Waals surface area contributed by atoms with E-state index in [1.54, 1.807) is 0 Å². The molecule has 0 aromatic carbocycles. The average molecular weight is 185 g/mol. The molecule has 1 fully saturated rings. The van der Waals surface area contributed by atoms with Gasteiger partial charge in [-0.1, -0.05) is 20.8 Å². The molecule has 1 aliphatic heterocycles. The van der Waals surface area contributed by atoms with E-state index in [0.717, 1.165) is 13.1 Å². The number of hydrogen-bond donors (Lipinski definition) is 0. The monoisotopic (exact) mass is 185 g/mol. The summed E-state index contributed by atoms with van der Waals surface area (Å²) in [4.78, 5) is 14.0. The van der Waals surface area contributed by atoms with Crippen molar-refractivity contribution in [3.05, 3.63) is 0 Å². The molecule has 0 radical (unpaired) electrons. The topological polar surface area (TPSA) is 29.5 Å². The Balaban J connectivity index is 2.56. The zero-order valence-corrected chi connectivity index (χ0v) is 8.96. The van der Waals surface area contributed by atoms with Gasteiger partial charge in [0, 0.05) is 18.5 Å². The Bertz CT molecular complexity index is 196. The number of nitrogens with zero attached hydrogens (tertiary/aromatic N) is 1. The number of hydrogen-bond acceptors (Lipinski definition) is 3. The Morgan fingerprint density at radius 1 is 1.46 bits per heavy atom. The number of carbonyl (C=O) groups is 1. The number of rotatable bonds is 1. The van der Waals surface area contributed by atoms with Crippen LogP contribution in [-0.4, -0.2) is 43.5 Å². The highest BCUT2D eigenvalue weighted by Crippen LogP contribution is 2.20. The van der Waals surface area contributed by atoms with Crippen LogP contribution in [0.25, 0.3) is 0 Å². The first-order chi connectivity index (χ1) is 5.91. The van der Waals surface area contributed by atoms with Gasteiger partial charge in [0.15, 0.2) is 5.78 Å². The number of morpholine rings is 1. The number of ether oxygens (including phenoxy) is 1. The van der Waals surface area contributed by atoms with Crippen LogP contribution in [0.5, 0.6) is 0 Å². The van der Waals surface area contributed by atoms with Gasteiger partial charge < -0.3 is 9.64 Å². The van der Waals surface area contributed by atoms with E-state index in [1.165, 1.54) is 0 Å². The molecule has 3 nitrogen and oxygen atoms in total. The van der Waals surface area contributed by atoms with Crippen LogP contribution in [0.2, 0.25) is 0 Å². The Morgan fingerprint density at radius 3 is 2.54 bits per heavy atom. The SMILES string of the molecule is CN1CCOC(C(=O)C(C)(C)C)C1. The second kappa shape index (κ2) is 3.76. The maximum Gasteiger partial charge on any atom is 0.168 e. The highest BCUT2D eigenvalue weighted by molar-refractivity contribution is 5.88. The summed E-state index contributed by atoms with van der Waals surface area (Å²) < 4.78 is 5.45. The average Bonchev–Trinajstić information content (AvgIpc) is 2.01. The Kier molecular flexibility index (Phi) is 3.09. The van der Waals surface area contributed by atoms with Crippen molar-refractivity contribution >= 4 is 5.78 Å². The van der Waals surface area contributed by atoms with Crippen LogP contribution in [0.15, 0.2) is 0 Å². The molecule has 0 amide bonds. The Morgan fingerprint density at radius 2 is 2.08 bits per heavy atom. The molecule has 0 aromatic rings. The summed E-state index contributed by atoms with van der Waals surface area (Å²) in [6.07, 6.45) is -0.223. The van der Waals surface area contributed by atoms with Crippen molar-refractivity contribution in [1.82, 2.24) is 4.90 Å². The third-order valence-electron chi connectivity index (χ3n) is 2.30. The molecule has 13 heavy (non-hydrogen) atoms. The fraction of sp³-hybridized carbons (Fsp3) is 0.900. The molecule has 3 heteroatoms. The molecule has 1 heterocycles. The van der Waals surface area contributed by atoms with Gasteiger partial charge in [-0.05, 0) is 7.05 Å². The molecular weight excluding hydrogens is 166 g/mol. The lowest BCUT2D eigenvalue weighted by molar-refractivity contribution is -0.143. The minimum atomic E-state index is -0.289. The molecule has 0 saturated carbocycles. The van der Waals surface area contributed by atoms with Crippen LogP contribution in [0.3, 0.4) is 0 Å². The third kappa shape index (κ3) is 2.78. The largest absolute Gasteiger partial charge is 0.368 e. The summed E-state index contributed by atoms with van der Waals surface area (Å²) >= 11 is 0. The summed E-state index contributed by atoms with van der Waals surface area (Å²) in [7, 11) is 2.02. The summed E-state index contributed by atoms with van der Waals surface area (Å²) in [5.74, 6) is 0.207. The molecule has 1 atom stereocenters. The van der Waals surface area contributed by atoms with Gasteiger partial charge >= 0.3 is 0 Å². The predicted octanol–water partition coefficient (Wildman–Crippen LogP) is 0.932. The van der Waals surface area contributed by atoms with E-state index in [0.29, 0.717) is 6.61 Å². The number of likely N-dealkylation sites (N-methyl/N-ethyl adjacent to an activating group) is 1. The third-order valence-corrected chi connectivity index (χ3v) is 2.30. The Hall–Kier alpha value is -0.410. The van der Waals surface area contributed by atoms with E-state index in [1.807, 2.05) is 27.8 Å². The molecule has 0 spiro atoms. The van der Waals surface area contributed by atoms with Gasteiger partial charge in [0.25, 0.3) is 0 Å². The zero-order chi connectivity index (χ0) is 10.1. The normalized spacial score (nSPS) is 26.0. The fourth-order valence-electron chi connectivity index (χ4n) is 1.42. The number of carbonyl (C=O) groups excluding carboxylic acids is 1. The summed E-state index contributed by atoms with van der Waals surface area (Å²) in [5.41, 5.74) is -0.289. The van der Waals surface area contributed by atoms with Gasteiger partial charge in [0.1, 0.15) is 6.10 Å². The minimum Gasteiger partial charge on any atom is -0.368 e. The lowest BCUT2D eigenvalue weighted by Gasteiger charge is -2.32. The molecule has 1 saturated heterocycles. The van der Waals surface area contributed by atoms with Crippen molar-refractivity contribution < 1.29 is 9.53 Å². The van der Waals surface area contributed by atoms with Crippen molar-refractivity contribution in [3.8, 4) is 0 Å². The fourth-order valence-corrected chi connectivity index (χ4v) is 1.42. The molecule has 76 valence electrons. The van der Waals surface area contributed by atoms with E-state index < -0.39 is 0 Å². The van der Waals surface area contributed by atoms with Gasteiger partial charge in [-0.15, -0.1) is 0 Å². The van der Waals surface area contributed by atoms with Crippen molar-refractivity contribution in [2.75, 3.05) is 26.7 Å². The summed E-state index contributed by atoms with van der Waals surface area (Å²) in [6, 6.07) is 0.